The summed E-state index contributed by atoms with van der Waals surface area (Å²) in [6, 6.07) is 0. The Morgan fingerprint density at radius 1 is 1.31 bits per heavy atom. The Morgan fingerprint density at radius 3 is 2.38 bits per heavy atom. The van der Waals surface area contributed by atoms with Gasteiger partial charge in [-0.25, -0.2) is 0 Å². The maximum absolute atomic E-state index is 11.2. The van der Waals surface area contributed by atoms with Crippen LogP contribution in [-0.2, 0) is 24.0 Å². The van der Waals surface area contributed by atoms with E-state index >= 15 is 0 Å². The molecule has 16 heavy (non-hydrogen) atoms. The fourth-order valence-electron chi connectivity index (χ4n) is 1.06. The van der Waals surface area contributed by atoms with Crippen LogP contribution in [-0.4, -0.2) is 40.1 Å². The van der Waals surface area contributed by atoms with Gasteiger partial charge in [0.2, 0.25) is 0 Å². The number of nitrogens with zero attached hydrogens (tertiary/aromatic N) is 1. The van der Waals surface area contributed by atoms with Crippen LogP contribution in [0.3, 0.4) is 0 Å². The van der Waals surface area contributed by atoms with Gasteiger partial charge in [0.1, 0.15) is 6.61 Å². The van der Waals surface area contributed by atoms with Crippen LogP contribution >= 0.6 is 11.8 Å². The van der Waals surface area contributed by atoms with Crippen molar-refractivity contribution in [3.8, 4) is 0 Å². The molecule has 7 heteroatoms. The molecule has 0 N–H and O–H groups in total. The summed E-state index contributed by atoms with van der Waals surface area (Å²) in [6.07, 6.45) is 0.241. The molecule has 2 amide bonds. The van der Waals surface area contributed by atoms with Crippen molar-refractivity contribution < 1.29 is 24.0 Å². The van der Waals surface area contributed by atoms with Gasteiger partial charge in [-0.1, -0.05) is 11.8 Å². The van der Waals surface area contributed by atoms with Gasteiger partial charge in [0, 0.05) is 19.8 Å². The third-order valence-corrected chi connectivity index (χ3v) is 2.67. The first-order chi connectivity index (χ1) is 7.50. The molecule has 1 rings (SSSR count). The summed E-state index contributed by atoms with van der Waals surface area (Å²) >= 11 is 0.867. The van der Waals surface area contributed by atoms with Crippen molar-refractivity contribution in [2.24, 2.45) is 0 Å². The first kappa shape index (κ1) is 12.9. The Hall–Kier alpha value is -1.21. The number of thioether (sulfide) groups is 1. The molecule has 88 valence electrons. The maximum Gasteiger partial charge on any atom is 0.254 e. The summed E-state index contributed by atoms with van der Waals surface area (Å²) < 4.78 is 0. The molecule has 1 saturated heterocycles. The summed E-state index contributed by atoms with van der Waals surface area (Å²) in [7, 11) is 0. The smallest absolute Gasteiger partial charge is 0.254 e. The molecule has 0 aromatic rings. The van der Waals surface area contributed by atoms with Crippen molar-refractivity contribution in [3.05, 3.63) is 0 Å². The molecule has 6 nitrogen and oxygen atoms in total. The molecule has 0 saturated carbocycles. The van der Waals surface area contributed by atoms with E-state index in [0.29, 0.717) is 5.06 Å². The van der Waals surface area contributed by atoms with E-state index < -0.39 is 11.8 Å². The fourth-order valence-corrected chi connectivity index (χ4v) is 1.51. The lowest BCUT2D eigenvalue weighted by molar-refractivity contribution is -0.187. The number of hydrogen-bond donors (Lipinski definition) is 0. The topological polar surface area (TPSA) is 80.8 Å². The van der Waals surface area contributed by atoms with Gasteiger partial charge < -0.3 is 0 Å². The largest absolute Gasteiger partial charge is 0.296 e. The van der Waals surface area contributed by atoms with Gasteiger partial charge in [0.05, 0.1) is 5.75 Å². The number of carbonyl (C=O) groups excluding carboxylic acids is 4. The van der Waals surface area contributed by atoms with E-state index in [-0.39, 0.29) is 36.1 Å². The number of amides is 2. The lowest BCUT2D eigenvalue weighted by Crippen LogP contribution is -2.32. The van der Waals surface area contributed by atoms with E-state index in [2.05, 4.69) is 0 Å². The van der Waals surface area contributed by atoms with Crippen LogP contribution in [0.1, 0.15) is 19.8 Å². The van der Waals surface area contributed by atoms with Crippen LogP contribution < -0.4 is 0 Å². The van der Waals surface area contributed by atoms with Crippen molar-refractivity contribution in [2.75, 3.05) is 12.4 Å². The first-order valence-electron chi connectivity index (χ1n) is 4.64. The highest BCUT2D eigenvalue weighted by Gasteiger charge is 2.30. The van der Waals surface area contributed by atoms with Crippen molar-refractivity contribution in [1.29, 1.82) is 0 Å². The molecule has 0 radical (unpaired) electrons. The molecular formula is C9H11NO5S. The lowest BCUT2D eigenvalue weighted by atomic mass is 10.4. The summed E-state index contributed by atoms with van der Waals surface area (Å²) in [4.78, 5) is 48.7. The predicted octanol–water partition coefficient (Wildman–Crippen LogP) is -0.0842. The fraction of sp³-hybridized carbons (Fsp3) is 0.556. The molecule has 1 aliphatic rings. The summed E-state index contributed by atoms with van der Waals surface area (Å²) in [5.41, 5.74) is 0. The van der Waals surface area contributed by atoms with Crippen LogP contribution in [0.5, 0.6) is 0 Å². The normalized spacial score (nSPS) is 15.7. The minimum absolute atomic E-state index is 0.00838. The standard InChI is InChI=1S/C9H11NO5S/c1-6(11)16-5-7(12)4-15-10-8(13)2-3-9(10)14/h2-5H2,1H3. The van der Waals surface area contributed by atoms with E-state index in [4.69, 9.17) is 4.84 Å². The minimum Gasteiger partial charge on any atom is -0.296 e. The molecule has 0 aromatic heterocycles. The van der Waals surface area contributed by atoms with Gasteiger partial charge in [0.25, 0.3) is 11.8 Å². The molecule has 0 unspecified atom stereocenters. The Balaban J connectivity index is 2.28. The molecule has 1 fully saturated rings. The van der Waals surface area contributed by atoms with E-state index in [1.54, 1.807) is 0 Å². The second-order valence-corrected chi connectivity index (χ2v) is 4.33. The van der Waals surface area contributed by atoms with Crippen molar-refractivity contribution in [1.82, 2.24) is 5.06 Å². The highest BCUT2D eigenvalue weighted by atomic mass is 32.2. The Morgan fingerprint density at radius 2 is 1.88 bits per heavy atom. The van der Waals surface area contributed by atoms with E-state index in [9.17, 15) is 19.2 Å². The summed E-state index contributed by atoms with van der Waals surface area (Å²) in [5, 5.41) is 0.456. The Kier molecular flexibility index (Phi) is 4.63. The lowest BCUT2D eigenvalue weighted by Gasteiger charge is -2.11. The second kappa shape index (κ2) is 5.76. The minimum atomic E-state index is -0.433. The number of hydrogen-bond acceptors (Lipinski definition) is 6. The van der Waals surface area contributed by atoms with Gasteiger partial charge in [0.15, 0.2) is 10.9 Å². The molecule has 1 aliphatic heterocycles. The third-order valence-electron chi connectivity index (χ3n) is 1.80. The van der Waals surface area contributed by atoms with Crippen LogP contribution in [0.15, 0.2) is 0 Å². The summed E-state index contributed by atoms with van der Waals surface area (Å²) in [5.74, 6) is -1.22. The van der Waals surface area contributed by atoms with Gasteiger partial charge in [-0.2, -0.15) is 5.06 Å². The molecule has 1 heterocycles. The number of hydroxylamine groups is 2. The van der Waals surface area contributed by atoms with E-state index in [1.807, 2.05) is 0 Å². The van der Waals surface area contributed by atoms with Crippen LogP contribution in [0.4, 0.5) is 0 Å². The molecular weight excluding hydrogens is 234 g/mol. The van der Waals surface area contributed by atoms with Gasteiger partial charge in [-0.15, -0.1) is 0 Å². The average molecular weight is 245 g/mol. The zero-order chi connectivity index (χ0) is 12.1. The number of imide groups is 1. The van der Waals surface area contributed by atoms with E-state index in [1.165, 1.54) is 6.92 Å². The van der Waals surface area contributed by atoms with Crippen LogP contribution in [0.25, 0.3) is 0 Å². The highest BCUT2D eigenvalue weighted by Crippen LogP contribution is 2.12. The third kappa shape index (κ3) is 3.74. The Labute approximate surface area is 96.2 Å². The quantitative estimate of drug-likeness (QED) is 0.630. The van der Waals surface area contributed by atoms with Crippen molar-refractivity contribution in [3.63, 3.8) is 0 Å². The average Bonchev–Trinajstić information content (AvgIpc) is 2.53. The predicted molar refractivity (Wildman–Crippen MR) is 55.2 cm³/mol. The first-order valence-corrected chi connectivity index (χ1v) is 5.63. The van der Waals surface area contributed by atoms with E-state index in [0.717, 1.165) is 11.8 Å². The molecule has 0 aliphatic carbocycles. The zero-order valence-electron chi connectivity index (χ0n) is 8.73. The molecule has 0 atom stereocenters. The number of rotatable bonds is 5. The number of carbonyl (C=O) groups is 4. The Bertz CT molecular complexity index is 325. The van der Waals surface area contributed by atoms with Crippen LogP contribution in [0.2, 0.25) is 0 Å². The maximum atomic E-state index is 11.2. The molecule has 0 bridgehead atoms. The molecule has 0 aromatic carbocycles. The highest BCUT2D eigenvalue weighted by molar-refractivity contribution is 8.14. The molecule has 0 spiro atoms. The monoisotopic (exact) mass is 245 g/mol. The van der Waals surface area contributed by atoms with Gasteiger partial charge in [-0.3, -0.25) is 24.0 Å². The number of Topliss-reactive ketones (excluding diaryl/α,β-unsaturated/α-hetero) is 1. The van der Waals surface area contributed by atoms with Crippen molar-refractivity contribution >= 4 is 34.5 Å². The van der Waals surface area contributed by atoms with Crippen LogP contribution in [0, 0.1) is 0 Å². The second-order valence-electron chi connectivity index (χ2n) is 3.17. The van der Waals surface area contributed by atoms with Gasteiger partial charge >= 0.3 is 0 Å². The SMILES string of the molecule is CC(=O)SCC(=O)CON1C(=O)CCC1=O. The zero-order valence-corrected chi connectivity index (χ0v) is 9.54. The van der Waals surface area contributed by atoms with Crippen molar-refractivity contribution in [2.45, 2.75) is 19.8 Å². The summed E-state index contributed by atoms with van der Waals surface area (Å²) in [6.45, 7) is 0.990. The van der Waals surface area contributed by atoms with Gasteiger partial charge in [-0.05, 0) is 0 Å². The number of ketones is 1.